The van der Waals surface area contributed by atoms with E-state index in [0.717, 1.165) is 0 Å². The fourth-order valence-electron chi connectivity index (χ4n) is 8.05. The Morgan fingerprint density at radius 1 is 0.511 bits per heavy atom. The minimum Gasteiger partial charge on any atom is -0.309 e. The van der Waals surface area contributed by atoms with Crippen molar-refractivity contribution >= 4 is 64.1 Å². The fraction of sp³-hybridized carbons (Fsp3) is 0.0698. The van der Waals surface area contributed by atoms with Gasteiger partial charge >= 0.3 is 0 Å². The highest BCUT2D eigenvalue weighted by molar-refractivity contribution is 7.26. The van der Waals surface area contributed by atoms with Gasteiger partial charge in [0.15, 0.2) is 0 Å². The van der Waals surface area contributed by atoms with Crippen LogP contribution in [0.3, 0.4) is 0 Å². The molecule has 2 heterocycles. The molecule has 0 N–H and O–H groups in total. The molecule has 45 heavy (non-hydrogen) atoms. The second kappa shape index (κ2) is 8.94. The van der Waals surface area contributed by atoms with Crippen molar-refractivity contribution in [3.63, 3.8) is 0 Å². The van der Waals surface area contributed by atoms with Crippen LogP contribution in [-0.2, 0) is 5.41 Å². The molecule has 1 aliphatic rings. The predicted octanol–water partition coefficient (Wildman–Crippen LogP) is 12.3. The number of rotatable bonds is 2. The Morgan fingerprint density at radius 3 is 2.16 bits per heavy atom. The van der Waals surface area contributed by atoms with Crippen molar-refractivity contribution in [2.45, 2.75) is 19.3 Å². The van der Waals surface area contributed by atoms with Gasteiger partial charge in [0.2, 0.25) is 0 Å². The minimum absolute atomic E-state index is 0.0537. The van der Waals surface area contributed by atoms with E-state index in [-0.39, 0.29) is 5.41 Å². The maximum Gasteiger partial charge on any atom is 0.0640 e. The molecule has 9 aromatic rings. The molecule has 7 aromatic carbocycles. The van der Waals surface area contributed by atoms with E-state index in [2.05, 4.69) is 158 Å². The highest BCUT2D eigenvalue weighted by Gasteiger charge is 2.35. The maximum absolute atomic E-state index is 2.52. The number of aromatic nitrogens is 1. The number of hydrogen-bond donors (Lipinski definition) is 0. The summed E-state index contributed by atoms with van der Waals surface area (Å²) in [4.78, 5) is 0. The molecule has 0 unspecified atom stereocenters. The molecule has 1 nitrogen and oxygen atoms in total. The van der Waals surface area contributed by atoms with E-state index in [1.54, 1.807) is 0 Å². The number of benzene rings is 7. The SMILES string of the molecule is CC1(C)c2ccccc2-c2ccc(-c3cc4sc5ccccc5c4c4c3c3ccccc3n4-c3ccc4ccccc4c3)cc21. The Bertz CT molecular complexity index is 2680. The lowest BCUT2D eigenvalue weighted by atomic mass is 9.81. The summed E-state index contributed by atoms with van der Waals surface area (Å²) in [7, 11) is 0. The van der Waals surface area contributed by atoms with Crippen LogP contribution in [0.2, 0.25) is 0 Å². The first-order valence-electron chi connectivity index (χ1n) is 15.7. The topological polar surface area (TPSA) is 4.93 Å². The largest absolute Gasteiger partial charge is 0.309 e. The van der Waals surface area contributed by atoms with Crippen LogP contribution in [0.25, 0.3) is 80.7 Å². The number of fused-ring (bicyclic) bond motifs is 11. The molecule has 2 aromatic heterocycles. The molecule has 0 aliphatic heterocycles. The molecule has 2 heteroatoms. The predicted molar refractivity (Wildman–Crippen MR) is 194 cm³/mol. The number of nitrogens with zero attached hydrogens (tertiary/aromatic N) is 1. The first-order valence-corrected chi connectivity index (χ1v) is 16.5. The van der Waals surface area contributed by atoms with Crippen LogP contribution in [0.5, 0.6) is 0 Å². The average molecular weight is 592 g/mol. The summed E-state index contributed by atoms with van der Waals surface area (Å²) in [6.07, 6.45) is 0. The minimum atomic E-state index is -0.0537. The summed E-state index contributed by atoms with van der Waals surface area (Å²) in [6, 6.07) is 52.0. The number of thiophene rings is 1. The van der Waals surface area contributed by atoms with Crippen LogP contribution in [0.4, 0.5) is 0 Å². The van der Waals surface area contributed by atoms with Crippen LogP contribution in [0, 0.1) is 0 Å². The molecule has 10 rings (SSSR count). The van der Waals surface area contributed by atoms with Crippen LogP contribution in [0.1, 0.15) is 25.0 Å². The molecule has 0 radical (unpaired) electrons. The number of hydrogen-bond acceptors (Lipinski definition) is 1. The van der Waals surface area contributed by atoms with E-state index in [1.165, 1.54) is 91.8 Å². The molecular weight excluding hydrogens is 563 g/mol. The van der Waals surface area contributed by atoms with Crippen LogP contribution >= 0.6 is 11.3 Å². The molecule has 0 saturated carbocycles. The van der Waals surface area contributed by atoms with Gasteiger partial charge in [-0.1, -0.05) is 117 Å². The molecule has 0 fully saturated rings. The van der Waals surface area contributed by atoms with Crippen LogP contribution in [0.15, 0.2) is 140 Å². The molecule has 212 valence electrons. The van der Waals surface area contributed by atoms with Crippen molar-refractivity contribution in [2.75, 3.05) is 0 Å². The lowest BCUT2D eigenvalue weighted by molar-refractivity contribution is 0.660. The summed E-state index contributed by atoms with van der Waals surface area (Å²) in [5, 5.41) is 7.79. The Morgan fingerprint density at radius 2 is 1.24 bits per heavy atom. The van der Waals surface area contributed by atoms with Crippen LogP contribution < -0.4 is 0 Å². The van der Waals surface area contributed by atoms with Crippen molar-refractivity contribution in [1.29, 1.82) is 0 Å². The van der Waals surface area contributed by atoms with E-state index in [0.29, 0.717) is 0 Å². The molecular formula is C43H29NS. The van der Waals surface area contributed by atoms with Gasteiger partial charge in [0.1, 0.15) is 0 Å². The summed E-state index contributed by atoms with van der Waals surface area (Å²) < 4.78 is 5.17. The standard InChI is InChI=1S/C43H29NS/c1-43(2)35-16-8-5-13-30(35)31-22-20-28(24-36(31)43)34-25-39-41(33-15-7-10-18-38(33)45-39)42-40(34)32-14-6-9-17-37(32)44(42)29-21-19-26-11-3-4-12-27(26)23-29/h3-25H,1-2H3. The van der Waals surface area contributed by atoms with Gasteiger partial charge in [-0.3, -0.25) is 0 Å². The molecule has 0 saturated heterocycles. The zero-order chi connectivity index (χ0) is 29.9. The van der Waals surface area contributed by atoms with Gasteiger partial charge < -0.3 is 4.57 Å². The van der Waals surface area contributed by atoms with Gasteiger partial charge in [-0.25, -0.2) is 0 Å². The second-order valence-corrected chi connectivity index (χ2v) is 14.0. The first-order chi connectivity index (χ1) is 22.1. The molecule has 0 spiro atoms. The number of para-hydroxylation sites is 1. The Balaban J connectivity index is 1.37. The van der Waals surface area contributed by atoms with Gasteiger partial charge in [0.25, 0.3) is 0 Å². The molecule has 0 atom stereocenters. The van der Waals surface area contributed by atoms with Crippen LogP contribution in [-0.4, -0.2) is 4.57 Å². The van der Waals surface area contributed by atoms with E-state index < -0.39 is 0 Å². The summed E-state index contributed by atoms with van der Waals surface area (Å²) in [6.45, 7) is 4.75. The highest BCUT2D eigenvalue weighted by atomic mass is 32.1. The van der Waals surface area contributed by atoms with Gasteiger partial charge in [-0.05, 0) is 80.6 Å². The smallest absolute Gasteiger partial charge is 0.0640 e. The Labute approximate surface area is 265 Å². The van der Waals surface area contributed by atoms with Crippen molar-refractivity contribution in [3.8, 4) is 27.9 Å². The Kier molecular flexibility index (Phi) is 5.00. The quantitative estimate of drug-likeness (QED) is 0.188. The van der Waals surface area contributed by atoms with Gasteiger partial charge in [0.05, 0.1) is 11.0 Å². The zero-order valence-corrected chi connectivity index (χ0v) is 26.0. The summed E-state index contributed by atoms with van der Waals surface area (Å²) in [5.74, 6) is 0. The molecule has 1 aliphatic carbocycles. The van der Waals surface area contributed by atoms with E-state index in [1.807, 2.05) is 11.3 Å². The average Bonchev–Trinajstić information content (AvgIpc) is 3.70. The van der Waals surface area contributed by atoms with Gasteiger partial charge in [0, 0.05) is 42.0 Å². The van der Waals surface area contributed by atoms with E-state index >= 15 is 0 Å². The highest BCUT2D eigenvalue weighted by Crippen LogP contribution is 2.52. The van der Waals surface area contributed by atoms with E-state index in [4.69, 9.17) is 0 Å². The zero-order valence-electron chi connectivity index (χ0n) is 25.1. The Hall–Kier alpha value is -5.18. The van der Waals surface area contributed by atoms with Gasteiger partial charge in [-0.15, -0.1) is 11.3 Å². The van der Waals surface area contributed by atoms with Crippen molar-refractivity contribution < 1.29 is 0 Å². The first kappa shape index (κ1) is 25.2. The third-order valence-electron chi connectivity index (χ3n) is 10.2. The maximum atomic E-state index is 2.52. The monoisotopic (exact) mass is 591 g/mol. The lowest BCUT2D eigenvalue weighted by Gasteiger charge is -2.22. The lowest BCUT2D eigenvalue weighted by Crippen LogP contribution is -2.14. The molecule has 0 amide bonds. The summed E-state index contributed by atoms with van der Waals surface area (Å²) >= 11 is 1.90. The van der Waals surface area contributed by atoms with Crippen molar-refractivity contribution in [1.82, 2.24) is 4.57 Å². The normalized spacial score (nSPS) is 13.7. The molecule has 0 bridgehead atoms. The van der Waals surface area contributed by atoms with E-state index in [9.17, 15) is 0 Å². The van der Waals surface area contributed by atoms with Crippen molar-refractivity contribution in [3.05, 3.63) is 151 Å². The third-order valence-corrected chi connectivity index (χ3v) is 11.3. The summed E-state index contributed by atoms with van der Waals surface area (Å²) in [5.41, 5.74) is 11.8. The second-order valence-electron chi connectivity index (χ2n) is 12.9. The third kappa shape index (κ3) is 3.38. The fourth-order valence-corrected chi connectivity index (χ4v) is 9.20. The van der Waals surface area contributed by atoms with Crippen molar-refractivity contribution in [2.24, 2.45) is 0 Å². The van der Waals surface area contributed by atoms with Gasteiger partial charge in [-0.2, -0.15) is 0 Å².